The first kappa shape index (κ1) is 23.1. The first-order chi connectivity index (χ1) is 16.9. The Balaban J connectivity index is 1.36. The molecule has 180 valence electrons. The van der Waals surface area contributed by atoms with Crippen LogP contribution in [0, 0.1) is 6.92 Å². The van der Waals surface area contributed by atoms with E-state index in [1.807, 2.05) is 52.9 Å². The van der Waals surface area contributed by atoms with Crippen LogP contribution in [0.4, 0.5) is 5.69 Å². The average Bonchev–Trinajstić information content (AvgIpc) is 3.45. The Labute approximate surface area is 207 Å². The highest BCUT2D eigenvalue weighted by Gasteiger charge is 2.24. The lowest BCUT2D eigenvalue weighted by molar-refractivity contribution is 0.0661. The van der Waals surface area contributed by atoms with Crippen LogP contribution in [0.15, 0.2) is 54.6 Å². The summed E-state index contributed by atoms with van der Waals surface area (Å²) in [6.07, 6.45) is 0. The summed E-state index contributed by atoms with van der Waals surface area (Å²) in [6, 6.07) is 16.9. The van der Waals surface area contributed by atoms with Gasteiger partial charge in [-0.2, -0.15) is 5.10 Å². The van der Waals surface area contributed by atoms with Crippen molar-refractivity contribution in [3.8, 4) is 11.4 Å². The Bertz CT molecular complexity index is 1390. The monoisotopic (exact) mass is 489 g/mol. The Kier molecular flexibility index (Phi) is 6.27. The second kappa shape index (κ2) is 9.52. The molecule has 1 aliphatic rings. The lowest BCUT2D eigenvalue weighted by Gasteiger charge is -2.32. The molecule has 35 heavy (non-hydrogen) atoms. The quantitative estimate of drug-likeness (QED) is 0.458. The number of nitrogens with zero attached hydrogens (tertiary/aromatic N) is 4. The normalized spacial score (nSPS) is 14.3. The van der Waals surface area contributed by atoms with E-state index >= 15 is 0 Å². The maximum absolute atomic E-state index is 13.1. The van der Waals surface area contributed by atoms with Crippen molar-refractivity contribution in [3.05, 3.63) is 70.7 Å². The lowest BCUT2D eigenvalue weighted by Crippen LogP contribution is -2.47. The summed E-state index contributed by atoms with van der Waals surface area (Å²) in [7, 11) is 3.58. The van der Waals surface area contributed by atoms with Gasteiger partial charge < -0.3 is 19.9 Å². The number of aromatic nitrogens is 2. The standard InChI is InChI=1S/C26H27N5O3S/c1-17-21-16-23(35-26(21)31(28-17)19-7-5-4-6-8-19)24(32)27-18-9-10-20(22(15-18)34-3)25(33)30-13-11-29(2)12-14-30/h4-10,15-16H,11-14H2,1-3H3,(H,27,32). The van der Waals surface area contributed by atoms with E-state index in [4.69, 9.17) is 4.74 Å². The van der Waals surface area contributed by atoms with E-state index in [-0.39, 0.29) is 11.8 Å². The molecular weight excluding hydrogens is 462 g/mol. The van der Waals surface area contributed by atoms with Gasteiger partial charge in [0, 0.05) is 43.3 Å². The second-order valence-electron chi connectivity index (χ2n) is 8.63. The molecule has 2 amide bonds. The number of anilines is 1. The van der Waals surface area contributed by atoms with E-state index in [1.165, 1.54) is 18.4 Å². The number of benzene rings is 2. The summed E-state index contributed by atoms with van der Waals surface area (Å²) in [5, 5.41) is 8.53. The third kappa shape index (κ3) is 4.52. The molecule has 2 aromatic heterocycles. The number of methoxy groups -OCH3 is 1. The van der Waals surface area contributed by atoms with Crippen molar-refractivity contribution in [1.82, 2.24) is 19.6 Å². The number of hydrogen-bond acceptors (Lipinski definition) is 6. The van der Waals surface area contributed by atoms with Crippen LogP contribution in [0.1, 0.15) is 25.7 Å². The number of carbonyl (C=O) groups excluding carboxylic acids is 2. The molecule has 0 atom stereocenters. The zero-order chi connectivity index (χ0) is 24.5. The van der Waals surface area contributed by atoms with Gasteiger partial charge in [-0.3, -0.25) is 9.59 Å². The molecule has 4 aromatic rings. The number of piperazine rings is 1. The Hall–Kier alpha value is -3.69. The number of para-hydroxylation sites is 1. The van der Waals surface area contributed by atoms with Crippen molar-refractivity contribution in [1.29, 1.82) is 0 Å². The molecule has 1 fully saturated rings. The van der Waals surface area contributed by atoms with Crippen molar-refractivity contribution in [2.45, 2.75) is 6.92 Å². The molecule has 1 saturated heterocycles. The molecule has 8 nitrogen and oxygen atoms in total. The molecule has 1 N–H and O–H groups in total. The van der Waals surface area contributed by atoms with Crippen molar-refractivity contribution >= 4 is 39.1 Å². The van der Waals surface area contributed by atoms with Gasteiger partial charge in [-0.15, -0.1) is 11.3 Å². The molecular formula is C26H27N5O3S. The van der Waals surface area contributed by atoms with E-state index < -0.39 is 0 Å². The van der Waals surface area contributed by atoms with Gasteiger partial charge >= 0.3 is 0 Å². The Morgan fingerprint density at radius 2 is 1.77 bits per heavy atom. The number of rotatable bonds is 5. The smallest absolute Gasteiger partial charge is 0.265 e. The number of hydrogen-bond donors (Lipinski definition) is 1. The summed E-state index contributed by atoms with van der Waals surface area (Å²) in [5.41, 5.74) is 2.88. The number of carbonyl (C=O) groups is 2. The van der Waals surface area contributed by atoms with Crippen molar-refractivity contribution in [2.75, 3.05) is 45.7 Å². The van der Waals surface area contributed by atoms with Crippen LogP contribution in [0.25, 0.3) is 15.9 Å². The fraction of sp³-hybridized carbons (Fsp3) is 0.269. The molecule has 0 spiro atoms. The minimum Gasteiger partial charge on any atom is -0.496 e. The van der Waals surface area contributed by atoms with Gasteiger partial charge in [0.05, 0.1) is 28.9 Å². The van der Waals surface area contributed by atoms with Gasteiger partial charge in [-0.1, -0.05) is 18.2 Å². The zero-order valence-corrected chi connectivity index (χ0v) is 20.8. The van der Waals surface area contributed by atoms with Crippen LogP contribution in [-0.2, 0) is 0 Å². The third-order valence-electron chi connectivity index (χ3n) is 6.25. The van der Waals surface area contributed by atoms with Gasteiger partial charge in [-0.25, -0.2) is 4.68 Å². The van der Waals surface area contributed by atoms with E-state index in [2.05, 4.69) is 22.4 Å². The Morgan fingerprint density at radius 1 is 1.03 bits per heavy atom. The molecule has 0 saturated carbocycles. The van der Waals surface area contributed by atoms with Crippen LogP contribution >= 0.6 is 11.3 Å². The molecule has 0 radical (unpaired) electrons. The summed E-state index contributed by atoms with van der Waals surface area (Å²) in [5.74, 6) is 0.169. The maximum Gasteiger partial charge on any atom is 0.265 e. The van der Waals surface area contributed by atoms with E-state index in [9.17, 15) is 9.59 Å². The first-order valence-corrected chi connectivity index (χ1v) is 12.3. The van der Waals surface area contributed by atoms with E-state index in [0.717, 1.165) is 34.7 Å². The molecule has 3 heterocycles. The number of fused-ring (bicyclic) bond motifs is 1. The van der Waals surface area contributed by atoms with Crippen molar-refractivity contribution < 1.29 is 14.3 Å². The number of likely N-dealkylation sites (N-methyl/N-ethyl adjacent to an activating group) is 1. The minimum absolute atomic E-state index is 0.0572. The lowest BCUT2D eigenvalue weighted by atomic mass is 10.1. The largest absolute Gasteiger partial charge is 0.496 e. The number of amides is 2. The summed E-state index contributed by atoms with van der Waals surface area (Å²) >= 11 is 1.40. The predicted molar refractivity (Wildman–Crippen MR) is 138 cm³/mol. The van der Waals surface area contributed by atoms with Crippen LogP contribution in [0.5, 0.6) is 5.75 Å². The van der Waals surface area contributed by atoms with Crippen LogP contribution in [0.3, 0.4) is 0 Å². The second-order valence-corrected chi connectivity index (χ2v) is 9.66. The maximum atomic E-state index is 13.1. The fourth-order valence-corrected chi connectivity index (χ4v) is 5.30. The molecule has 5 rings (SSSR count). The predicted octanol–water partition coefficient (Wildman–Crippen LogP) is 4.04. The fourth-order valence-electron chi connectivity index (χ4n) is 4.22. The number of aryl methyl sites for hydroxylation is 1. The van der Waals surface area contributed by atoms with Gasteiger partial charge in [0.2, 0.25) is 0 Å². The van der Waals surface area contributed by atoms with Gasteiger partial charge in [0.1, 0.15) is 10.6 Å². The average molecular weight is 490 g/mol. The highest BCUT2D eigenvalue weighted by atomic mass is 32.1. The molecule has 1 aliphatic heterocycles. The van der Waals surface area contributed by atoms with Crippen molar-refractivity contribution in [2.24, 2.45) is 0 Å². The number of nitrogens with one attached hydrogen (secondary N) is 1. The van der Waals surface area contributed by atoms with Crippen LogP contribution in [0.2, 0.25) is 0 Å². The SMILES string of the molecule is COc1cc(NC(=O)c2cc3c(C)nn(-c4ccccc4)c3s2)ccc1C(=O)N1CCN(C)CC1. The summed E-state index contributed by atoms with van der Waals surface area (Å²) in [4.78, 5) is 31.7. The molecule has 0 unspecified atom stereocenters. The number of thiophene rings is 1. The molecule has 0 aliphatic carbocycles. The molecule has 9 heteroatoms. The highest BCUT2D eigenvalue weighted by molar-refractivity contribution is 7.20. The van der Waals surface area contributed by atoms with Gasteiger partial charge in [-0.05, 0) is 44.3 Å². The molecule has 0 bridgehead atoms. The minimum atomic E-state index is -0.217. The number of ether oxygens (including phenoxy) is 1. The first-order valence-electron chi connectivity index (χ1n) is 11.5. The third-order valence-corrected chi connectivity index (χ3v) is 7.36. The Morgan fingerprint density at radius 3 is 2.49 bits per heavy atom. The summed E-state index contributed by atoms with van der Waals surface area (Å²) < 4.78 is 7.37. The zero-order valence-electron chi connectivity index (χ0n) is 19.9. The topological polar surface area (TPSA) is 79.7 Å². The summed E-state index contributed by atoms with van der Waals surface area (Å²) in [6.45, 7) is 5.00. The molecule has 2 aromatic carbocycles. The van der Waals surface area contributed by atoms with Crippen LogP contribution < -0.4 is 10.1 Å². The van der Waals surface area contributed by atoms with E-state index in [1.54, 1.807) is 18.2 Å². The van der Waals surface area contributed by atoms with Crippen LogP contribution in [-0.4, -0.2) is 71.7 Å². The highest BCUT2D eigenvalue weighted by Crippen LogP contribution is 2.31. The van der Waals surface area contributed by atoms with Crippen molar-refractivity contribution in [3.63, 3.8) is 0 Å². The van der Waals surface area contributed by atoms with E-state index in [0.29, 0.717) is 35.0 Å². The van der Waals surface area contributed by atoms with Gasteiger partial charge in [0.25, 0.3) is 11.8 Å². The van der Waals surface area contributed by atoms with Gasteiger partial charge in [0.15, 0.2) is 0 Å².